The minimum atomic E-state index is -0.0598. The third-order valence-corrected chi connectivity index (χ3v) is 6.45. The van der Waals surface area contributed by atoms with Gasteiger partial charge in [-0.1, -0.05) is 90.1 Å². The van der Waals surface area contributed by atoms with Gasteiger partial charge < -0.3 is 9.13 Å². The molecule has 1 N–H and O–H groups in total. The van der Waals surface area contributed by atoms with Gasteiger partial charge in [-0.05, 0) is 51.8 Å². The molecule has 4 nitrogen and oxygen atoms in total. The van der Waals surface area contributed by atoms with Gasteiger partial charge in [-0.2, -0.15) is 0 Å². The van der Waals surface area contributed by atoms with Crippen LogP contribution in [0.4, 0.5) is 0 Å². The highest BCUT2D eigenvalue weighted by Crippen LogP contribution is 2.30. The number of rotatable bonds is 5. The van der Waals surface area contributed by atoms with Gasteiger partial charge in [0.25, 0.3) is 0 Å². The molecule has 0 atom stereocenters. The third-order valence-electron chi connectivity index (χ3n) is 6.45. The Kier molecular flexibility index (Phi) is 6.11. The Morgan fingerprint density at radius 2 is 1.24 bits per heavy atom. The molecule has 0 amide bonds. The first-order valence-electron chi connectivity index (χ1n) is 11.9. The van der Waals surface area contributed by atoms with E-state index in [0.29, 0.717) is 17.7 Å². The number of carbonyl (C=O) groups excluding carboxylic acids is 1. The summed E-state index contributed by atoms with van der Waals surface area (Å²) in [6.07, 6.45) is 0. The average molecular weight is 454 g/mol. The number of hydrogen-bond acceptors (Lipinski definition) is 2. The van der Waals surface area contributed by atoms with Crippen LogP contribution in [0.15, 0.2) is 72.8 Å². The van der Waals surface area contributed by atoms with Crippen molar-refractivity contribution in [3.8, 4) is 0 Å². The van der Waals surface area contributed by atoms with Gasteiger partial charge in [0.1, 0.15) is 0 Å². The van der Waals surface area contributed by atoms with Crippen molar-refractivity contribution >= 4 is 16.8 Å². The number of benzene rings is 3. The van der Waals surface area contributed by atoms with Crippen molar-refractivity contribution < 1.29 is 4.79 Å². The van der Waals surface area contributed by atoms with E-state index in [1.54, 1.807) is 0 Å². The molecule has 1 aromatic heterocycles. The van der Waals surface area contributed by atoms with Crippen LogP contribution in [-0.2, 0) is 23.9 Å². The molecule has 0 radical (unpaired) electrons. The summed E-state index contributed by atoms with van der Waals surface area (Å²) in [5.41, 5.74) is 6.24. The fourth-order valence-corrected chi connectivity index (χ4v) is 4.27. The second-order valence-electron chi connectivity index (χ2n) is 11.2. The lowest BCUT2D eigenvalue weighted by Crippen LogP contribution is -2.28. The van der Waals surface area contributed by atoms with Gasteiger partial charge in [-0.25, -0.2) is 0 Å². The number of para-hydroxylation sites is 2. The number of aromatic nitrogens is 2. The summed E-state index contributed by atoms with van der Waals surface area (Å²) in [6, 6.07) is 24.4. The largest absolute Gasteiger partial charge is 0.306 e. The number of ketones is 1. The molecule has 0 aliphatic heterocycles. The second kappa shape index (κ2) is 8.75. The van der Waals surface area contributed by atoms with Gasteiger partial charge in [-0.15, -0.1) is 0 Å². The van der Waals surface area contributed by atoms with Crippen molar-refractivity contribution in [2.75, 3.05) is 0 Å². The maximum absolute atomic E-state index is 13.6. The topological polar surface area (TPSA) is 50.8 Å². The Bertz CT molecular complexity index is 1360. The number of hydrogen-bond donors (Lipinski definition) is 1. The van der Waals surface area contributed by atoms with Gasteiger partial charge in [-0.3, -0.25) is 10.2 Å². The van der Waals surface area contributed by atoms with E-state index in [1.165, 1.54) is 0 Å². The number of imidazole rings is 1. The molecule has 0 unspecified atom stereocenters. The van der Waals surface area contributed by atoms with Crippen LogP contribution in [0, 0.1) is 5.41 Å². The van der Waals surface area contributed by atoms with Crippen molar-refractivity contribution in [3.05, 3.63) is 101 Å². The van der Waals surface area contributed by atoms with Crippen LogP contribution in [0.1, 0.15) is 68.6 Å². The average Bonchev–Trinajstić information content (AvgIpc) is 3.04. The highest BCUT2D eigenvalue weighted by molar-refractivity contribution is 5.97. The van der Waals surface area contributed by atoms with Crippen LogP contribution in [0.25, 0.3) is 11.0 Å². The Morgan fingerprint density at radius 3 is 1.76 bits per heavy atom. The summed E-state index contributed by atoms with van der Waals surface area (Å²) in [5.74, 6) is 0.0257. The molecule has 0 aliphatic rings. The zero-order chi connectivity index (χ0) is 24.7. The van der Waals surface area contributed by atoms with E-state index in [1.807, 2.05) is 63.7 Å². The van der Waals surface area contributed by atoms with Crippen molar-refractivity contribution in [1.82, 2.24) is 9.13 Å². The third kappa shape index (κ3) is 4.77. The molecule has 34 heavy (non-hydrogen) atoms. The van der Waals surface area contributed by atoms with E-state index >= 15 is 0 Å². The fraction of sp³-hybridized carbons (Fsp3) is 0.333. The Hall–Kier alpha value is -3.40. The molecule has 4 heteroatoms. The van der Waals surface area contributed by atoms with Crippen molar-refractivity contribution in [2.24, 2.45) is 0 Å². The van der Waals surface area contributed by atoms with Crippen LogP contribution in [0.2, 0.25) is 0 Å². The molecule has 4 rings (SSSR count). The molecule has 0 spiro atoms. The number of Topliss-reactive ketones (excluding diaryl/α,β-unsaturated/α-hetero) is 1. The first-order chi connectivity index (χ1) is 15.9. The first-order valence-corrected chi connectivity index (χ1v) is 11.9. The number of fused-ring (bicyclic) bond motifs is 1. The lowest BCUT2D eigenvalue weighted by atomic mass is 9.79. The molecule has 0 saturated carbocycles. The second-order valence-corrected chi connectivity index (χ2v) is 11.2. The van der Waals surface area contributed by atoms with Crippen LogP contribution in [0.3, 0.4) is 0 Å². The van der Waals surface area contributed by atoms with Crippen LogP contribution in [0.5, 0.6) is 0 Å². The fourth-order valence-electron chi connectivity index (χ4n) is 4.27. The standard InChI is InChI=1S/C30H35N3O/c1-29(2,3)23-16-22(17-24(18-23)30(4,5)6)27(34)20-33-26-15-11-10-14-25(26)32(28(33)31)19-21-12-8-7-9-13-21/h7-18,31H,19-20H2,1-6H3. The summed E-state index contributed by atoms with van der Waals surface area (Å²) in [4.78, 5) is 13.6. The van der Waals surface area contributed by atoms with E-state index in [2.05, 4.69) is 59.7 Å². The molecular weight excluding hydrogens is 418 g/mol. The molecule has 176 valence electrons. The summed E-state index contributed by atoms with van der Waals surface area (Å²) < 4.78 is 3.81. The van der Waals surface area contributed by atoms with E-state index < -0.39 is 0 Å². The van der Waals surface area contributed by atoms with Crippen LogP contribution in [-0.4, -0.2) is 14.9 Å². The summed E-state index contributed by atoms with van der Waals surface area (Å²) in [6.45, 7) is 13.8. The minimum absolute atomic E-state index is 0.0257. The maximum Gasteiger partial charge on any atom is 0.203 e. The van der Waals surface area contributed by atoms with Crippen LogP contribution >= 0.6 is 0 Å². The first kappa shape index (κ1) is 23.7. The smallest absolute Gasteiger partial charge is 0.203 e. The highest BCUT2D eigenvalue weighted by Gasteiger charge is 2.23. The van der Waals surface area contributed by atoms with Crippen LogP contribution < -0.4 is 5.62 Å². The Balaban J connectivity index is 1.77. The normalized spacial score (nSPS) is 12.3. The molecule has 0 fully saturated rings. The predicted molar refractivity (Wildman–Crippen MR) is 139 cm³/mol. The lowest BCUT2D eigenvalue weighted by molar-refractivity contribution is 0.0971. The molecule has 3 aromatic carbocycles. The van der Waals surface area contributed by atoms with Gasteiger partial charge in [0, 0.05) is 5.56 Å². The monoisotopic (exact) mass is 453 g/mol. The van der Waals surface area contributed by atoms with Gasteiger partial charge in [0.15, 0.2) is 5.78 Å². The Labute approximate surface area is 202 Å². The summed E-state index contributed by atoms with van der Waals surface area (Å²) in [7, 11) is 0. The molecule has 0 aliphatic carbocycles. The predicted octanol–water partition coefficient (Wildman–Crippen LogP) is 6.45. The van der Waals surface area contributed by atoms with E-state index in [0.717, 1.165) is 27.7 Å². The number of nitrogens with one attached hydrogen (secondary N) is 1. The SMILES string of the molecule is CC(C)(C)c1cc(C(=O)Cn2c(=N)n(Cc3ccccc3)c3ccccc32)cc(C(C)(C)C)c1. The zero-order valence-corrected chi connectivity index (χ0v) is 21.1. The maximum atomic E-state index is 13.6. The van der Waals surface area contributed by atoms with Gasteiger partial charge in [0.2, 0.25) is 5.62 Å². The van der Waals surface area contributed by atoms with Gasteiger partial charge in [0.05, 0.1) is 24.1 Å². The number of carbonyl (C=O) groups is 1. The van der Waals surface area contributed by atoms with E-state index in [4.69, 9.17) is 5.41 Å². The molecular formula is C30H35N3O. The van der Waals surface area contributed by atoms with E-state index in [9.17, 15) is 4.79 Å². The summed E-state index contributed by atoms with van der Waals surface area (Å²) in [5, 5.41) is 8.94. The van der Waals surface area contributed by atoms with Crippen molar-refractivity contribution in [2.45, 2.75) is 65.5 Å². The Morgan fingerprint density at radius 1 is 0.735 bits per heavy atom. The molecule has 4 aromatic rings. The highest BCUT2D eigenvalue weighted by atomic mass is 16.1. The lowest BCUT2D eigenvalue weighted by Gasteiger charge is -2.26. The van der Waals surface area contributed by atoms with Crippen molar-refractivity contribution in [3.63, 3.8) is 0 Å². The quantitative estimate of drug-likeness (QED) is 0.347. The van der Waals surface area contributed by atoms with E-state index in [-0.39, 0.29) is 23.2 Å². The summed E-state index contributed by atoms with van der Waals surface area (Å²) >= 11 is 0. The molecule has 0 saturated heterocycles. The molecule has 1 heterocycles. The van der Waals surface area contributed by atoms with Crippen molar-refractivity contribution in [1.29, 1.82) is 5.41 Å². The minimum Gasteiger partial charge on any atom is -0.306 e. The number of nitrogens with zero attached hydrogens (tertiary/aromatic N) is 2. The van der Waals surface area contributed by atoms with Gasteiger partial charge >= 0.3 is 0 Å². The molecule has 0 bridgehead atoms. The zero-order valence-electron chi connectivity index (χ0n) is 21.1.